The molecule has 0 aromatic carbocycles. The van der Waals surface area contributed by atoms with Gasteiger partial charge in [0.15, 0.2) is 18.2 Å². The molecule has 0 atom stereocenters. The second-order valence-corrected chi connectivity index (χ2v) is 2.31. The van der Waals surface area contributed by atoms with E-state index in [0.717, 1.165) is 5.56 Å². The number of hydrogen-bond acceptors (Lipinski definition) is 1. The molecule has 1 rings (SSSR count). The first-order valence-electron chi connectivity index (χ1n) is 3.16. The van der Waals surface area contributed by atoms with E-state index < -0.39 is 0 Å². The van der Waals surface area contributed by atoms with E-state index >= 15 is 0 Å². The number of aryl methyl sites for hydroxylation is 1. The Morgan fingerprint density at radius 3 is 2.55 bits per heavy atom. The highest BCUT2D eigenvalue weighted by Crippen LogP contribution is 1.93. The van der Waals surface area contributed by atoms with Crippen LogP contribution in [0.2, 0.25) is 0 Å². The molecular formula is C8H11ClNO+. The molecule has 0 aliphatic heterocycles. The topological polar surface area (TPSA) is 20.9 Å². The summed E-state index contributed by atoms with van der Waals surface area (Å²) in [4.78, 5) is 10.8. The number of pyridine rings is 1. The van der Waals surface area contributed by atoms with Gasteiger partial charge in [-0.2, -0.15) is 0 Å². The van der Waals surface area contributed by atoms with Crippen molar-refractivity contribution in [2.24, 2.45) is 7.05 Å². The molecule has 0 aliphatic rings. The van der Waals surface area contributed by atoms with E-state index in [4.69, 9.17) is 0 Å². The van der Waals surface area contributed by atoms with Crippen molar-refractivity contribution >= 4 is 18.2 Å². The average molecular weight is 173 g/mol. The van der Waals surface area contributed by atoms with Crippen LogP contribution in [0.15, 0.2) is 24.5 Å². The van der Waals surface area contributed by atoms with E-state index in [1.807, 2.05) is 36.1 Å². The molecule has 0 fully saturated rings. The second kappa shape index (κ2) is 4.09. The van der Waals surface area contributed by atoms with Gasteiger partial charge in [-0.05, 0) is 13.0 Å². The molecule has 0 saturated carbocycles. The maximum Gasteiger partial charge on any atom is 0.179 e. The monoisotopic (exact) mass is 172 g/mol. The van der Waals surface area contributed by atoms with Crippen molar-refractivity contribution in [1.29, 1.82) is 0 Å². The van der Waals surface area contributed by atoms with Gasteiger partial charge in [-0.3, -0.25) is 4.79 Å². The summed E-state index contributed by atoms with van der Waals surface area (Å²) in [5, 5.41) is 0. The van der Waals surface area contributed by atoms with Crippen LogP contribution >= 0.6 is 12.4 Å². The highest BCUT2D eigenvalue weighted by Gasteiger charge is 2.01. The van der Waals surface area contributed by atoms with Crippen LogP contribution in [0, 0.1) is 0 Å². The van der Waals surface area contributed by atoms with E-state index in [9.17, 15) is 4.79 Å². The number of carbonyl (C=O) groups excluding carboxylic acids is 1. The second-order valence-electron chi connectivity index (χ2n) is 2.31. The van der Waals surface area contributed by atoms with Gasteiger partial charge < -0.3 is 0 Å². The van der Waals surface area contributed by atoms with Crippen LogP contribution < -0.4 is 4.57 Å². The van der Waals surface area contributed by atoms with Crippen LogP contribution in [-0.2, 0) is 7.05 Å². The number of hydrogen-bond donors (Lipinski definition) is 0. The van der Waals surface area contributed by atoms with Crippen LogP contribution in [0.4, 0.5) is 0 Å². The molecule has 0 aliphatic carbocycles. The Hall–Kier alpha value is -0.890. The summed E-state index contributed by atoms with van der Waals surface area (Å²) in [5.41, 5.74) is 0.755. The molecule has 0 bridgehead atoms. The summed E-state index contributed by atoms with van der Waals surface area (Å²) in [7, 11) is 1.90. The molecule has 60 valence electrons. The molecule has 0 saturated heterocycles. The van der Waals surface area contributed by atoms with Crippen molar-refractivity contribution in [2.75, 3.05) is 0 Å². The number of Topliss-reactive ketones (excluding diaryl/α,β-unsaturated/α-hetero) is 1. The highest BCUT2D eigenvalue weighted by atomic mass is 35.5. The summed E-state index contributed by atoms with van der Waals surface area (Å²) < 4.78 is 1.86. The summed E-state index contributed by atoms with van der Waals surface area (Å²) in [5.74, 6) is 0.108. The standard InChI is InChI=1S/C8H10NO.ClH/c1-7(10)8-4-3-5-9(2)6-8;/h3-6H,1-2H3;1H/q+1;. The van der Waals surface area contributed by atoms with Crippen molar-refractivity contribution in [1.82, 2.24) is 0 Å². The quantitative estimate of drug-likeness (QED) is 0.460. The molecule has 0 radical (unpaired) electrons. The zero-order valence-corrected chi connectivity index (χ0v) is 7.39. The summed E-state index contributed by atoms with van der Waals surface area (Å²) in [6.45, 7) is 1.56. The van der Waals surface area contributed by atoms with Gasteiger partial charge in [0.05, 0.1) is 5.56 Å². The first-order valence-corrected chi connectivity index (χ1v) is 3.16. The number of nitrogens with zero attached hydrogens (tertiary/aromatic N) is 1. The van der Waals surface area contributed by atoms with Crippen molar-refractivity contribution in [3.8, 4) is 0 Å². The molecule has 3 heteroatoms. The third kappa shape index (κ3) is 2.68. The van der Waals surface area contributed by atoms with Gasteiger partial charge in [0, 0.05) is 6.07 Å². The molecule has 0 unspecified atom stereocenters. The predicted octanol–water partition coefficient (Wildman–Crippen LogP) is 1.14. The fourth-order valence-corrected chi connectivity index (χ4v) is 0.796. The summed E-state index contributed by atoms with van der Waals surface area (Å²) in [6, 6.07) is 3.67. The number of halogens is 1. The normalized spacial score (nSPS) is 8.55. The molecule has 2 nitrogen and oxygen atoms in total. The van der Waals surface area contributed by atoms with Gasteiger partial charge >= 0.3 is 0 Å². The Bertz CT molecular complexity index is 260. The van der Waals surface area contributed by atoms with Crippen LogP contribution in [0.5, 0.6) is 0 Å². The predicted molar refractivity (Wildman–Crippen MR) is 44.9 cm³/mol. The van der Waals surface area contributed by atoms with Crippen LogP contribution in [0.3, 0.4) is 0 Å². The fraction of sp³-hybridized carbons (Fsp3) is 0.250. The van der Waals surface area contributed by atoms with E-state index in [-0.39, 0.29) is 18.2 Å². The third-order valence-corrected chi connectivity index (χ3v) is 1.35. The van der Waals surface area contributed by atoms with E-state index in [1.54, 1.807) is 6.92 Å². The van der Waals surface area contributed by atoms with Crippen molar-refractivity contribution < 1.29 is 9.36 Å². The van der Waals surface area contributed by atoms with E-state index in [0.29, 0.717) is 0 Å². The molecule has 0 amide bonds. The van der Waals surface area contributed by atoms with Crippen LogP contribution in [0.1, 0.15) is 17.3 Å². The van der Waals surface area contributed by atoms with E-state index in [2.05, 4.69) is 0 Å². The zero-order valence-electron chi connectivity index (χ0n) is 6.57. The highest BCUT2D eigenvalue weighted by molar-refractivity contribution is 5.93. The SMILES string of the molecule is CC(=O)c1ccc[n+](C)c1.Cl. The minimum absolute atomic E-state index is 0. The zero-order chi connectivity index (χ0) is 7.56. The molecule has 0 N–H and O–H groups in total. The number of carbonyl (C=O) groups is 1. The summed E-state index contributed by atoms with van der Waals surface area (Å²) in [6.07, 6.45) is 3.70. The Morgan fingerprint density at radius 2 is 2.18 bits per heavy atom. The smallest absolute Gasteiger partial charge is 0.179 e. The maximum atomic E-state index is 10.8. The first kappa shape index (κ1) is 10.1. The van der Waals surface area contributed by atoms with Gasteiger partial charge in [0.2, 0.25) is 0 Å². The minimum atomic E-state index is 0. The van der Waals surface area contributed by atoms with Gasteiger partial charge in [-0.25, -0.2) is 4.57 Å². The van der Waals surface area contributed by atoms with Crippen molar-refractivity contribution in [2.45, 2.75) is 6.92 Å². The molecule has 0 spiro atoms. The van der Waals surface area contributed by atoms with Crippen LogP contribution in [0.25, 0.3) is 0 Å². The van der Waals surface area contributed by atoms with Crippen molar-refractivity contribution in [3.05, 3.63) is 30.1 Å². The van der Waals surface area contributed by atoms with Crippen molar-refractivity contribution in [3.63, 3.8) is 0 Å². The van der Waals surface area contributed by atoms with Gasteiger partial charge in [-0.1, -0.05) is 0 Å². The Labute approximate surface area is 72.3 Å². The minimum Gasteiger partial charge on any atom is -0.294 e. The molecule has 1 aromatic rings. The fourth-order valence-electron chi connectivity index (χ4n) is 0.796. The molecule has 1 heterocycles. The lowest BCUT2D eigenvalue weighted by atomic mass is 10.2. The van der Waals surface area contributed by atoms with Gasteiger partial charge in [0.25, 0.3) is 0 Å². The number of ketones is 1. The summed E-state index contributed by atoms with van der Waals surface area (Å²) >= 11 is 0. The number of aromatic nitrogens is 1. The third-order valence-electron chi connectivity index (χ3n) is 1.35. The Morgan fingerprint density at radius 1 is 1.55 bits per heavy atom. The molecule has 11 heavy (non-hydrogen) atoms. The number of rotatable bonds is 1. The Balaban J connectivity index is 0.000001000. The van der Waals surface area contributed by atoms with Crippen LogP contribution in [-0.4, -0.2) is 5.78 Å². The maximum absolute atomic E-state index is 10.8. The lowest BCUT2D eigenvalue weighted by molar-refractivity contribution is -0.671. The van der Waals surface area contributed by atoms with Gasteiger partial charge in [-0.15, -0.1) is 12.4 Å². The largest absolute Gasteiger partial charge is 0.294 e. The Kier molecular flexibility index (Phi) is 3.76. The van der Waals surface area contributed by atoms with Gasteiger partial charge in [0.1, 0.15) is 7.05 Å². The lowest BCUT2D eigenvalue weighted by Crippen LogP contribution is -2.27. The first-order chi connectivity index (χ1) is 4.70. The average Bonchev–Trinajstić information content (AvgIpc) is 1.88. The molecular weight excluding hydrogens is 162 g/mol. The van der Waals surface area contributed by atoms with E-state index in [1.165, 1.54) is 0 Å². The molecule has 1 aromatic heterocycles. The lowest BCUT2D eigenvalue weighted by Gasteiger charge is -1.89.